The van der Waals surface area contributed by atoms with Crippen LogP contribution >= 0.6 is 22.9 Å². The van der Waals surface area contributed by atoms with Crippen molar-refractivity contribution in [2.75, 3.05) is 41.3 Å². The number of aliphatic hydroxyl groups is 1. The Kier molecular flexibility index (Phi) is 8.55. The molecule has 0 radical (unpaired) electrons. The number of amides is 3. The van der Waals surface area contributed by atoms with Crippen molar-refractivity contribution in [1.29, 1.82) is 0 Å². The van der Waals surface area contributed by atoms with E-state index in [2.05, 4.69) is 20.9 Å². The maximum Gasteiger partial charge on any atom is 0.261 e. The van der Waals surface area contributed by atoms with Crippen LogP contribution in [0.2, 0.25) is 4.34 Å². The van der Waals surface area contributed by atoms with Gasteiger partial charge < -0.3 is 41.3 Å². The highest BCUT2D eigenvalue weighted by atomic mass is 35.5. The van der Waals surface area contributed by atoms with Crippen molar-refractivity contribution in [3.8, 4) is 0 Å². The van der Waals surface area contributed by atoms with Crippen LogP contribution < -0.4 is 31.5 Å². The topological polar surface area (TPSA) is 149 Å². The maximum atomic E-state index is 12.5. The summed E-state index contributed by atoms with van der Waals surface area (Å²) in [7, 11) is 0. The number of hydrogen-bond donors (Lipinski definition) is 5. The van der Waals surface area contributed by atoms with Crippen molar-refractivity contribution in [3.05, 3.63) is 39.5 Å². The monoisotopic (exact) mass is 550 g/mol. The number of carbonyl (C=O) groups is 3. The van der Waals surface area contributed by atoms with Crippen LogP contribution in [0.5, 0.6) is 0 Å². The molecule has 4 unspecified atom stereocenters. The lowest BCUT2D eigenvalue weighted by atomic mass is 10.2. The van der Waals surface area contributed by atoms with Crippen molar-refractivity contribution in [2.45, 2.75) is 44.9 Å². The molecule has 0 aliphatic carbocycles. The van der Waals surface area contributed by atoms with Gasteiger partial charge in [-0.1, -0.05) is 11.6 Å². The molecule has 0 bridgehead atoms. The first-order valence-electron chi connectivity index (χ1n) is 12.0. The Labute approximate surface area is 223 Å². The number of carbonyl (C=O) groups excluding carboxylic acids is 3. The molecule has 3 amide bonds. The molecule has 0 spiro atoms. The van der Waals surface area contributed by atoms with Crippen LogP contribution in [0, 0.1) is 0 Å². The summed E-state index contributed by atoms with van der Waals surface area (Å²) in [6.07, 6.45) is -0.892. The Bertz CT molecular complexity index is 1160. The van der Waals surface area contributed by atoms with Crippen LogP contribution in [0.3, 0.4) is 0 Å². The van der Waals surface area contributed by atoms with E-state index in [0.717, 1.165) is 12.1 Å². The molecular formula is C24H31ClN6O5S. The fourth-order valence-corrected chi connectivity index (χ4v) is 5.34. The molecule has 1 aromatic heterocycles. The molecule has 4 atom stereocenters. The lowest BCUT2D eigenvalue weighted by Gasteiger charge is -2.26. The molecule has 200 valence electrons. The van der Waals surface area contributed by atoms with Crippen molar-refractivity contribution < 1.29 is 24.2 Å². The van der Waals surface area contributed by atoms with Crippen molar-refractivity contribution in [1.82, 2.24) is 10.6 Å². The number of nitrogens with zero attached hydrogens (tertiary/aromatic N) is 2. The molecule has 1 aromatic carbocycles. The quantitative estimate of drug-likeness (QED) is 0.330. The molecular weight excluding hydrogens is 520 g/mol. The van der Waals surface area contributed by atoms with Gasteiger partial charge in [-0.15, -0.1) is 11.3 Å². The highest BCUT2D eigenvalue weighted by Gasteiger charge is 2.33. The van der Waals surface area contributed by atoms with Gasteiger partial charge in [0.25, 0.3) is 5.91 Å². The standard InChI is InChI=1S/C24H31ClN6O5S/c1-13(26)22(33)29-18-9-16(3-4-19(18)30-8-7-15(11-30)28-14(2)32)31-12-17(36-24(31)35)10-27-23(34)20-5-6-21(25)37-20/h3-6,9,13,15,17,24,35H,7-8,10-12,26H2,1-2H3,(H,27,34)(H,28,32)(H,29,33). The third-order valence-electron chi connectivity index (χ3n) is 6.19. The maximum absolute atomic E-state index is 12.5. The zero-order chi connectivity index (χ0) is 26.7. The smallest absolute Gasteiger partial charge is 0.261 e. The van der Waals surface area contributed by atoms with Gasteiger partial charge in [0.05, 0.1) is 39.3 Å². The summed E-state index contributed by atoms with van der Waals surface area (Å²) < 4.78 is 6.17. The molecule has 4 rings (SSSR count). The summed E-state index contributed by atoms with van der Waals surface area (Å²) in [5.74, 6) is -0.689. The fraction of sp³-hybridized carbons (Fsp3) is 0.458. The Morgan fingerprint density at radius 3 is 2.73 bits per heavy atom. The number of rotatable bonds is 8. The molecule has 2 aromatic rings. The highest BCUT2D eigenvalue weighted by molar-refractivity contribution is 7.18. The number of nitrogens with two attached hydrogens (primary N) is 1. The minimum atomic E-state index is -1.23. The van der Waals surface area contributed by atoms with Crippen LogP contribution in [0.25, 0.3) is 0 Å². The van der Waals surface area contributed by atoms with Gasteiger partial charge in [-0.2, -0.15) is 0 Å². The van der Waals surface area contributed by atoms with Crippen LogP contribution in [0.15, 0.2) is 30.3 Å². The summed E-state index contributed by atoms with van der Waals surface area (Å²) >= 11 is 7.08. The van der Waals surface area contributed by atoms with Gasteiger partial charge >= 0.3 is 0 Å². The van der Waals surface area contributed by atoms with Gasteiger partial charge in [-0.3, -0.25) is 14.4 Å². The minimum absolute atomic E-state index is 0.0177. The van der Waals surface area contributed by atoms with Crippen LogP contribution in [-0.2, 0) is 14.3 Å². The Hall–Kier alpha value is -2.90. The number of nitrogens with one attached hydrogen (secondary N) is 3. The average molecular weight is 551 g/mol. The summed E-state index contributed by atoms with van der Waals surface area (Å²) in [6.45, 7) is 4.92. The highest BCUT2D eigenvalue weighted by Crippen LogP contribution is 2.35. The third-order valence-corrected chi connectivity index (χ3v) is 7.42. The van der Waals surface area contributed by atoms with Crippen LogP contribution in [-0.4, -0.2) is 73.6 Å². The predicted molar refractivity (Wildman–Crippen MR) is 143 cm³/mol. The van der Waals surface area contributed by atoms with E-state index in [4.69, 9.17) is 22.1 Å². The second-order valence-corrected chi connectivity index (χ2v) is 10.9. The summed E-state index contributed by atoms with van der Waals surface area (Å²) in [4.78, 5) is 40.5. The van der Waals surface area contributed by atoms with Gasteiger partial charge in [0.15, 0.2) is 0 Å². The summed E-state index contributed by atoms with van der Waals surface area (Å²) in [5, 5.41) is 19.2. The van der Waals surface area contributed by atoms with Gasteiger partial charge in [0.1, 0.15) is 0 Å². The minimum Gasteiger partial charge on any atom is -0.368 e. The molecule has 2 fully saturated rings. The Morgan fingerprint density at radius 1 is 1.27 bits per heavy atom. The van der Waals surface area contributed by atoms with Crippen molar-refractivity contribution >= 4 is 57.7 Å². The number of benzene rings is 1. The molecule has 3 heterocycles. The van der Waals surface area contributed by atoms with Crippen molar-refractivity contribution in [2.24, 2.45) is 5.73 Å². The normalized spacial score (nSPS) is 22.1. The van der Waals surface area contributed by atoms with Gasteiger partial charge in [0.2, 0.25) is 18.2 Å². The lowest BCUT2D eigenvalue weighted by Crippen LogP contribution is -2.36. The van der Waals surface area contributed by atoms with E-state index in [1.807, 2.05) is 12.1 Å². The van der Waals surface area contributed by atoms with Crippen molar-refractivity contribution in [3.63, 3.8) is 0 Å². The van der Waals surface area contributed by atoms with Crippen LogP contribution in [0.4, 0.5) is 17.1 Å². The second-order valence-electron chi connectivity index (χ2n) is 9.16. The first-order chi connectivity index (χ1) is 17.6. The molecule has 6 N–H and O–H groups in total. The Morgan fingerprint density at radius 2 is 2.05 bits per heavy atom. The third kappa shape index (κ3) is 6.70. The van der Waals surface area contributed by atoms with E-state index in [0.29, 0.717) is 40.2 Å². The number of anilines is 3. The van der Waals surface area contributed by atoms with E-state index in [1.54, 1.807) is 30.0 Å². The molecule has 11 nitrogen and oxygen atoms in total. The first kappa shape index (κ1) is 27.1. The lowest BCUT2D eigenvalue weighted by molar-refractivity contribution is -0.119. The zero-order valence-electron chi connectivity index (χ0n) is 20.6. The molecule has 2 saturated heterocycles. The van der Waals surface area contributed by atoms with Crippen LogP contribution in [0.1, 0.15) is 29.9 Å². The molecule has 0 saturated carbocycles. The predicted octanol–water partition coefficient (Wildman–Crippen LogP) is 1.31. The number of thiophene rings is 1. The number of aliphatic hydroxyl groups excluding tert-OH is 1. The summed E-state index contributed by atoms with van der Waals surface area (Å²) in [6, 6.07) is 8.08. The first-order valence-corrected chi connectivity index (χ1v) is 13.2. The van der Waals surface area contributed by atoms with Gasteiger partial charge in [0, 0.05) is 38.3 Å². The number of hydrogen-bond acceptors (Lipinski definition) is 9. The molecule has 2 aliphatic rings. The van der Waals surface area contributed by atoms with E-state index in [-0.39, 0.29) is 30.3 Å². The van der Waals surface area contributed by atoms with Gasteiger partial charge in [-0.05, 0) is 43.7 Å². The SMILES string of the molecule is CC(=O)NC1CCN(c2ccc(N3CC(CNC(=O)c4ccc(Cl)s4)OC3O)cc2NC(=O)C(C)N)C1. The number of halogens is 1. The Balaban J connectivity index is 1.47. The van der Waals surface area contributed by atoms with Gasteiger partial charge in [-0.25, -0.2) is 0 Å². The summed E-state index contributed by atoms with van der Waals surface area (Å²) in [5.41, 5.74) is 7.75. The fourth-order valence-electron chi connectivity index (χ4n) is 4.38. The zero-order valence-corrected chi connectivity index (χ0v) is 22.1. The van der Waals surface area contributed by atoms with E-state index < -0.39 is 18.6 Å². The molecule has 2 aliphatic heterocycles. The molecule has 37 heavy (non-hydrogen) atoms. The molecule has 13 heteroatoms. The van der Waals surface area contributed by atoms with E-state index in [9.17, 15) is 19.5 Å². The average Bonchev–Trinajstić information content (AvgIpc) is 3.57. The van der Waals surface area contributed by atoms with E-state index in [1.165, 1.54) is 18.3 Å². The van der Waals surface area contributed by atoms with E-state index >= 15 is 0 Å². The second kappa shape index (κ2) is 11.7. The number of ether oxygens (including phenoxy) is 1. The largest absolute Gasteiger partial charge is 0.368 e.